The maximum Gasteiger partial charge on any atom is 0.0417 e. The SMILES string of the molecule is C=CC(NCCC)C1CN(C)CCCN1C. The van der Waals surface area contributed by atoms with E-state index in [0.717, 1.165) is 13.1 Å². The first kappa shape index (κ1) is 13.7. The number of nitrogens with zero attached hydrogens (tertiary/aromatic N) is 2. The summed E-state index contributed by atoms with van der Waals surface area (Å²) in [6, 6.07) is 0.960. The molecule has 1 saturated heterocycles. The number of nitrogens with one attached hydrogen (secondary N) is 1. The van der Waals surface area contributed by atoms with Crippen LogP contribution in [0.15, 0.2) is 12.7 Å². The Labute approximate surface area is 100 Å². The van der Waals surface area contributed by atoms with Crippen molar-refractivity contribution < 1.29 is 0 Å². The van der Waals surface area contributed by atoms with E-state index in [1.165, 1.54) is 25.9 Å². The zero-order valence-corrected chi connectivity index (χ0v) is 11.1. The van der Waals surface area contributed by atoms with Crippen molar-refractivity contribution in [3.05, 3.63) is 12.7 Å². The van der Waals surface area contributed by atoms with Gasteiger partial charge in [-0.3, -0.25) is 0 Å². The summed E-state index contributed by atoms with van der Waals surface area (Å²) in [5.74, 6) is 0. The molecule has 94 valence electrons. The van der Waals surface area contributed by atoms with Crippen LogP contribution in [0.1, 0.15) is 19.8 Å². The quantitative estimate of drug-likeness (QED) is 0.709. The van der Waals surface area contributed by atoms with Crippen molar-refractivity contribution in [3.63, 3.8) is 0 Å². The van der Waals surface area contributed by atoms with Crippen molar-refractivity contribution in [3.8, 4) is 0 Å². The molecule has 0 spiro atoms. The van der Waals surface area contributed by atoms with Crippen molar-refractivity contribution in [2.45, 2.75) is 31.8 Å². The number of rotatable bonds is 5. The lowest BCUT2D eigenvalue weighted by Crippen LogP contribution is -2.51. The highest BCUT2D eigenvalue weighted by Gasteiger charge is 2.25. The third kappa shape index (κ3) is 3.89. The largest absolute Gasteiger partial charge is 0.309 e. The van der Waals surface area contributed by atoms with Crippen LogP contribution < -0.4 is 5.32 Å². The zero-order chi connectivity index (χ0) is 12.0. The fourth-order valence-corrected chi connectivity index (χ4v) is 2.38. The van der Waals surface area contributed by atoms with Crippen LogP contribution in [0.3, 0.4) is 0 Å². The van der Waals surface area contributed by atoms with Crippen LogP contribution >= 0.6 is 0 Å². The predicted octanol–water partition coefficient (Wildman–Crippen LogP) is 1.18. The first-order chi connectivity index (χ1) is 7.69. The summed E-state index contributed by atoms with van der Waals surface area (Å²) >= 11 is 0. The highest BCUT2D eigenvalue weighted by molar-refractivity contribution is 4.97. The van der Waals surface area contributed by atoms with Crippen molar-refractivity contribution in [1.29, 1.82) is 0 Å². The van der Waals surface area contributed by atoms with E-state index in [1.54, 1.807) is 0 Å². The Morgan fingerprint density at radius 3 is 2.81 bits per heavy atom. The van der Waals surface area contributed by atoms with Gasteiger partial charge in [0.15, 0.2) is 0 Å². The third-order valence-electron chi connectivity index (χ3n) is 3.41. The van der Waals surface area contributed by atoms with E-state index in [9.17, 15) is 0 Å². The Morgan fingerprint density at radius 2 is 2.19 bits per heavy atom. The van der Waals surface area contributed by atoms with Gasteiger partial charge in [0.1, 0.15) is 0 Å². The van der Waals surface area contributed by atoms with E-state index in [2.05, 4.69) is 48.8 Å². The maximum absolute atomic E-state index is 3.97. The molecule has 3 nitrogen and oxygen atoms in total. The van der Waals surface area contributed by atoms with E-state index in [0.29, 0.717) is 12.1 Å². The Kier molecular flexibility index (Phi) is 6.03. The lowest BCUT2D eigenvalue weighted by molar-refractivity contribution is 0.196. The molecular formula is C13H27N3. The summed E-state index contributed by atoms with van der Waals surface area (Å²) in [7, 11) is 4.44. The summed E-state index contributed by atoms with van der Waals surface area (Å²) in [5.41, 5.74) is 0. The number of hydrogen-bond donors (Lipinski definition) is 1. The minimum Gasteiger partial charge on any atom is -0.309 e. The van der Waals surface area contributed by atoms with Crippen LogP contribution in [0.4, 0.5) is 0 Å². The fraction of sp³-hybridized carbons (Fsp3) is 0.846. The summed E-state index contributed by atoms with van der Waals surface area (Å²) in [4.78, 5) is 4.90. The Hall–Kier alpha value is -0.380. The topological polar surface area (TPSA) is 18.5 Å². The predicted molar refractivity (Wildman–Crippen MR) is 70.8 cm³/mol. The summed E-state index contributed by atoms with van der Waals surface area (Å²) < 4.78 is 0. The average Bonchev–Trinajstić information content (AvgIpc) is 2.43. The molecule has 1 aliphatic rings. The summed E-state index contributed by atoms with van der Waals surface area (Å²) in [6.45, 7) is 10.8. The second-order valence-corrected chi connectivity index (χ2v) is 4.88. The molecule has 0 aliphatic carbocycles. The monoisotopic (exact) mass is 225 g/mol. The smallest absolute Gasteiger partial charge is 0.0417 e. The van der Waals surface area contributed by atoms with Gasteiger partial charge in [-0.2, -0.15) is 0 Å². The van der Waals surface area contributed by atoms with Gasteiger partial charge in [0.2, 0.25) is 0 Å². The molecule has 1 rings (SSSR count). The second-order valence-electron chi connectivity index (χ2n) is 4.88. The van der Waals surface area contributed by atoms with Gasteiger partial charge >= 0.3 is 0 Å². The molecule has 2 atom stereocenters. The van der Waals surface area contributed by atoms with Crippen LogP contribution in [0.5, 0.6) is 0 Å². The average molecular weight is 225 g/mol. The molecule has 0 aromatic carbocycles. The van der Waals surface area contributed by atoms with Crippen molar-refractivity contribution in [2.24, 2.45) is 0 Å². The molecule has 1 N–H and O–H groups in total. The molecule has 0 aromatic heterocycles. The lowest BCUT2D eigenvalue weighted by atomic mass is 10.1. The van der Waals surface area contributed by atoms with Gasteiger partial charge in [-0.15, -0.1) is 6.58 Å². The number of likely N-dealkylation sites (N-methyl/N-ethyl adjacent to an activating group) is 2. The van der Waals surface area contributed by atoms with Gasteiger partial charge in [-0.05, 0) is 46.6 Å². The summed E-state index contributed by atoms with van der Waals surface area (Å²) in [6.07, 6.45) is 4.51. The Morgan fingerprint density at radius 1 is 1.44 bits per heavy atom. The molecule has 1 fully saturated rings. The van der Waals surface area contributed by atoms with E-state index in [1.807, 2.05) is 0 Å². The number of hydrogen-bond acceptors (Lipinski definition) is 3. The van der Waals surface area contributed by atoms with Gasteiger partial charge in [0.25, 0.3) is 0 Å². The van der Waals surface area contributed by atoms with Gasteiger partial charge < -0.3 is 15.1 Å². The Bertz CT molecular complexity index is 205. The lowest BCUT2D eigenvalue weighted by Gasteiger charge is -2.33. The molecule has 3 heteroatoms. The maximum atomic E-state index is 3.97. The first-order valence-corrected chi connectivity index (χ1v) is 6.43. The zero-order valence-electron chi connectivity index (χ0n) is 11.1. The molecule has 1 heterocycles. The van der Waals surface area contributed by atoms with Crippen LogP contribution in [-0.2, 0) is 0 Å². The summed E-state index contributed by atoms with van der Waals surface area (Å²) in [5, 5.41) is 3.58. The van der Waals surface area contributed by atoms with Crippen molar-refractivity contribution in [2.75, 3.05) is 40.3 Å². The molecule has 0 aromatic rings. The molecule has 0 bridgehead atoms. The normalized spacial score (nSPS) is 26.3. The molecule has 0 saturated carbocycles. The van der Waals surface area contributed by atoms with Crippen molar-refractivity contribution >= 4 is 0 Å². The third-order valence-corrected chi connectivity index (χ3v) is 3.41. The minimum atomic E-state index is 0.408. The second kappa shape index (κ2) is 7.05. The van der Waals surface area contributed by atoms with Gasteiger partial charge in [0.05, 0.1) is 0 Å². The van der Waals surface area contributed by atoms with E-state index >= 15 is 0 Å². The molecule has 0 radical (unpaired) electrons. The molecule has 1 aliphatic heterocycles. The van der Waals surface area contributed by atoms with Crippen molar-refractivity contribution in [1.82, 2.24) is 15.1 Å². The van der Waals surface area contributed by atoms with Gasteiger partial charge in [-0.25, -0.2) is 0 Å². The fourth-order valence-electron chi connectivity index (χ4n) is 2.38. The van der Waals surface area contributed by atoms with Gasteiger partial charge in [0, 0.05) is 18.6 Å². The molecule has 0 amide bonds. The van der Waals surface area contributed by atoms with E-state index in [4.69, 9.17) is 0 Å². The van der Waals surface area contributed by atoms with E-state index < -0.39 is 0 Å². The van der Waals surface area contributed by atoms with Crippen LogP contribution in [-0.4, -0.2) is 62.2 Å². The molecule has 2 unspecified atom stereocenters. The van der Waals surface area contributed by atoms with E-state index in [-0.39, 0.29) is 0 Å². The molecular weight excluding hydrogens is 198 g/mol. The Balaban J connectivity index is 2.59. The molecule has 16 heavy (non-hydrogen) atoms. The van der Waals surface area contributed by atoms with Crippen LogP contribution in [0, 0.1) is 0 Å². The minimum absolute atomic E-state index is 0.408. The highest BCUT2D eigenvalue weighted by atomic mass is 15.2. The van der Waals surface area contributed by atoms with Crippen LogP contribution in [0.25, 0.3) is 0 Å². The van der Waals surface area contributed by atoms with Crippen LogP contribution in [0.2, 0.25) is 0 Å². The highest BCUT2D eigenvalue weighted by Crippen LogP contribution is 2.11. The van der Waals surface area contributed by atoms with Gasteiger partial charge in [-0.1, -0.05) is 13.0 Å². The first-order valence-electron chi connectivity index (χ1n) is 6.43. The standard InChI is InChI=1S/C13H27N3/c1-5-8-14-12(6-2)13-11-15(3)9-7-10-16(13)4/h6,12-14H,2,5,7-11H2,1,3-4H3.